The highest BCUT2D eigenvalue weighted by Gasteiger charge is 2.31. The minimum absolute atomic E-state index is 0.00469. The van der Waals surface area contributed by atoms with Crippen molar-refractivity contribution in [2.45, 2.75) is 51.2 Å². The highest BCUT2D eigenvalue weighted by atomic mass is 19.4. The molecule has 1 aromatic heterocycles. The van der Waals surface area contributed by atoms with Crippen LogP contribution in [0.25, 0.3) is 0 Å². The summed E-state index contributed by atoms with van der Waals surface area (Å²) in [6, 6.07) is 10.2. The quantitative estimate of drug-likeness (QED) is 0.748. The van der Waals surface area contributed by atoms with E-state index in [1.54, 1.807) is 0 Å². The van der Waals surface area contributed by atoms with E-state index in [2.05, 4.69) is 31.1 Å². The van der Waals surface area contributed by atoms with Crippen LogP contribution >= 0.6 is 0 Å². The van der Waals surface area contributed by atoms with Crippen molar-refractivity contribution in [1.82, 2.24) is 10.3 Å². The van der Waals surface area contributed by atoms with Crippen LogP contribution in [0.5, 0.6) is 5.75 Å². The molecule has 8 heteroatoms. The van der Waals surface area contributed by atoms with Gasteiger partial charge in [-0.1, -0.05) is 32.9 Å². The topological polar surface area (TPSA) is 54.5 Å². The Kier molecular flexibility index (Phi) is 6.77. The standard InChI is InChI=1S/C23H28F3N3O2/c1-22(2,3)16-4-7-19(8-5-16)31-15-21(30)28-18-10-12-29(13-11-18)20-9-6-17(14-27-20)23(24,25)26/h4-9,14,18H,10-13,15H2,1-3H3,(H,28,30). The number of carbonyl (C=O) groups is 1. The number of hydrogen-bond donors (Lipinski definition) is 1. The summed E-state index contributed by atoms with van der Waals surface area (Å²) in [5.74, 6) is 0.970. The number of nitrogens with zero attached hydrogens (tertiary/aromatic N) is 2. The number of carbonyl (C=O) groups excluding carboxylic acids is 1. The molecule has 1 fully saturated rings. The van der Waals surface area contributed by atoms with E-state index in [0.717, 1.165) is 12.3 Å². The lowest BCUT2D eigenvalue weighted by Crippen LogP contribution is -2.46. The number of benzene rings is 1. The van der Waals surface area contributed by atoms with Crippen molar-refractivity contribution in [3.63, 3.8) is 0 Å². The molecule has 5 nitrogen and oxygen atoms in total. The number of aromatic nitrogens is 1. The number of anilines is 1. The molecule has 1 saturated heterocycles. The van der Waals surface area contributed by atoms with E-state index in [-0.39, 0.29) is 24.0 Å². The number of rotatable bonds is 5. The van der Waals surface area contributed by atoms with Gasteiger partial charge >= 0.3 is 6.18 Å². The second-order valence-electron chi connectivity index (χ2n) is 8.79. The summed E-state index contributed by atoms with van der Waals surface area (Å²) in [5, 5.41) is 2.97. The number of piperidine rings is 1. The molecule has 3 rings (SSSR count). The van der Waals surface area contributed by atoms with E-state index in [4.69, 9.17) is 4.74 Å². The van der Waals surface area contributed by atoms with Crippen LogP contribution in [0.3, 0.4) is 0 Å². The number of pyridine rings is 1. The maximum atomic E-state index is 12.7. The van der Waals surface area contributed by atoms with E-state index in [0.29, 0.717) is 37.5 Å². The van der Waals surface area contributed by atoms with E-state index in [9.17, 15) is 18.0 Å². The molecular formula is C23H28F3N3O2. The van der Waals surface area contributed by atoms with Gasteiger partial charge in [0.1, 0.15) is 11.6 Å². The van der Waals surface area contributed by atoms with Gasteiger partial charge in [-0.25, -0.2) is 4.98 Å². The van der Waals surface area contributed by atoms with E-state index in [1.165, 1.54) is 11.6 Å². The van der Waals surface area contributed by atoms with Crippen LogP contribution in [0.1, 0.15) is 44.7 Å². The van der Waals surface area contributed by atoms with Gasteiger partial charge in [0.15, 0.2) is 6.61 Å². The van der Waals surface area contributed by atoms with Crippen LogP contribution in [0.2, 0.25) is 0 Å². The fourth-order valence-electron chi connectivity index (χ4n) is 3.46. The maximum absolute atomic E-state index is 12.7. The minimum atomic E-state index is -4.39. The number of alkyl halides is 3. The molecule has 0 bridgehead atoms. The molecule has 2 heterocycles. The zero-order valence-corrected chi connectivity index (χ0v) is 18.0. The SMILES string of the molecule is CC(C)(C)c1ccc(OCC(=O)NC2CCN(c3ccc(C(F)(F)F)cn3)CC2)cc1. The average molecular weight is 435 g/mol. The predicted molar refractivity (Wildman–Crippen MR) is 113 cm³/mol. The lowest BCUT2D eigenvalue weighted by Gasteiger charge is -2.33. The minimum Gasteiger partial charge on any atom is -0.484 e. The first kappa shape index (κ1) is 22.9. The largest absolute Gasteiger partial charge is 0.484 e. The van der Waals surface area contributed by atoms with Gasteiger partial charge in [0.25, 0.3) is 5.91 Å². The van der Waals surface area contributed by atoms with Crippen molar-refractivity contribution in [2.75, 3.05) is 24.6 Å². The first-order valence-electron chi connectivity index (χ1n) is 10.3. The van der Waals surface area contributed by atoms with Gasteiger partial charge in [0, 0.05) is 25.3 Å². The summed E-state index contributed by atoms with van der Waals surface area (Å²) in [6.07, 6.45) is -2.16. The number of halogens is 3. The van der Waals surface area contributed by atoms with Gasteiger partial charge in [-0.2, -0.15) is 13.2 Å². The summed E-state index contributed by atoms with van der Waals surface area (Å²) in [7, 11) is 0. The van der Waals surface area contributed by atoms with Gasteiger partial charge in [-0.3, -0.25) is 4.79 Å². The Morgan fingerprint density at radius 3 is 2.19 bits per heavy atom. The number of nitrogens with one attached hydrogen (secondary N) is 1. The molecule has 1 N–H and O–H groups in total. The third-order valence-corrected chi connectivity index (χ3v) is 5.35. The van der Waals surface area contributed by atoms with Gasteiger partial charge < -0.3 is 15.0 Å². The molecular weight excluding hydrogens is 407 g/mol. The second-order valence-corrected chi connectivity index (χ2v) is 8.79. The summed E-state index contributed by atoms with van der Waals surface area (Å²) in [4.78, 5) is 18.1. The van der Waals surface area contributed by atoms with Gasteiger partial charge in [-0.05, 0) is 48.1 Å². The van der Waals surface area contributed by atoms with Crippen LogP contribution < -0.4 is 15.0 Å². The third-order valence-electron chi connectivity index (χ3n) is 5.35. The van der Waals surface area contributed by atoms with Crippen LogP contribution in [-0.2, 0) is 16.4 Å². The molecule has 1 aromatic carbocycles. The Morgan fingerprint density at radius 2 is 1.68 bits per heavy atom. The Morgan fingerprint density at radius 1 is 1.06 bits per heavy atom. The molecule has 168 valence electrons. The van der Waals surface area contributed by atoms with E-state index in [1.807, 2.05) is 29.2 Å². The first-order chi connectivity index (χ1) is 14.5. The monoisotopic (exact) mass is 435 g/mol. The molecule has 1 amide bonds. The van der Waals surface area contributed by atoms with Crippen LogP contribution in [0.4, 0.5) is 19.0 Å². The Labute approximate surface area is 180 Å². The molecule has 2 aromatic rings. The average Bonchev–Trinajstić information content (AvgIpc) is 2.72. The van der Waals surface area contributed by atoms with E-state index >= 15 is 0 Å². The lowest BCUT2D eigenvalue weighted by atomic mass is 9.87. The fraction of sp³-hybridized carbons (Fsp3) is 0.478. The Bertz CT molecular complexity index is 867. The molecule has 0 atom stereocenters. The van der Waals surface area contributed by atoms with Crippen LogP contribution in [0.15, 0.2) is 42.6 Å². The van der Waals surface area contributed by atoms with Crippen molar-refractivity contribution in [3.8, 4) is 5.75 Å². The number of ether oxygens (including phenoxy) is 1. The zero-order valence-electron chi connectivity index (χ0n) is 18.0. The highest BCUT2D eigenvalue weighted by Crippen LogP contribution is 2.30. The molecule has 0 aliphatic carbocycles. The number of hydrogen-bond acceptors (Lipinski definition) is 4. The zero-order chi connectivity index (χ0) is 22.6. The van der Waals surface area contributed by atoms with Crippen molar-refractivity contribution in [1.29, 1.82) is 0 Å². The lowest BCUT2D eigenvalue weighted by molar-refractivity contribution is -0.137. The number of amides is 1. The second kappa shape index (κ2) is 9.16. The Hall–Kier alpha value is -2.77. The first-order valence-corrected chi connectivity index (χ1v) is 10.3. The fourth-order valence-corrected chi connectivity index (χ4v) is 3.46. The van der Waals surface area contributed by atoms with Gasteiger partial charge in [0.05, 0.1) is 5.56 Å². The predicted octanol–water partition coefficient (Wildman–Crippen LogP) is 4.56. The van der Waals surface area contributed by atoms with E-state index < -0.39 is 11.7 Å². The van der Waals surface area contributed by atoms with Gasteiger partial charge in [-0.15, -0.1) is 0 Å². The molecule has 0 spiro atoms. The smallest absolute Gasteiger partial charge is 0.417 e. The van der Waals surface area contributed by atoms with Crippen molar-refractivity contribution in [3.05, 3.63) is 53.7 Å². The maximum Gasteiger partial charge on any atom is 0.417 e. The summed E-state index contributed by atoms with van der Waals surface area (Å²) in [6.45, 7) is 7.56. The van der Waals surface area contributed by atoms with Crippen molar-refractivity contribution < 1.29 is 22.7 Å². The molecule has 0 radical (unpaired) electrons. The molecule has 1 aliphatic heterocycles. The molecule has 31 heavy (non-hydrogen) atoms. The van der Waals surface area contributed by atoms with Crippen molar-refractivity contribution in [2.24, 2.45) is 0 Å². The molecule has 0 unspecified atom stereocenters. The van der Waals surface area contributed by atoms with Crippen molar-refractivity contribution >= 4 is 11.7 Å². The van der Waals surface area contributed by atoms with Crippen LogP contribution in [0, 0.1) is 0 Å². The third kappa shape index (κ3) is 6.35. The molecule has 1 aliphatic rings. The summed E-state index contributed by atoms with van der Waals surface area (Å²) < 4.78 is 43.6. The highest BCUT2D eigenvalue weighted by molar-refractivity contribution is 5.77. The van der Waals surface area contributed by atoms with Crippen LogP contribution in [-0.4, -0.2) is 36.6 Å². The molecule has 0 saturated carbocycles. The Balaban J connectivity index is 1.42. The summed E-state index contributed by atoms with van der Waals surface area (Å²) >= 11 is 0. The van der Waals surface area contributed by atoms with Gasteiger partial charge in [0.2, 0.25) is 0 Å². The normalized spacial score (nSPS) is 15.6. The summed E-state index contributed by atoms with van der Waals surface area (Å²) in [5.41, 5.74) is 0.491.